The molecular weight excluding hydrogens is 326 g/mol. The largest absolute Gasteiger partial charge is 0.381 e. The third kappa shape index (κ3) is 3.96. The molecule has 3 fully saturated rings. The van der Waals surface area contributed by atoms with Gasteiger partial charge in [0, 0.05) is 38.3 Å². The van der Waals surface area contributed by atoms with Crippen LogP contribution in [0.2, 0.25) is 0 Å². The first-order valence-corrected chi connectivity index (χ1v) is 10.2. The smallest absolute Gasteiger partial charge is 0.227 e. The highest BCUT2D eigenvalue weighted by atomic mass is 16.5. The van der Waals surface area contributed by atoms with Gasteiger partial charge in [0.15, 0.2) is 0 Å². The molecule has 0 N–H and O–H groups in total. The Morgan fingerprint density at radius 1 is 1.19 bits per heavy atom. The summed E-state index contributed by atoms with van der Waals surface area (Å²) in [6, 6.07) is 10.1. The topological polar surface area (TPSA) is 38.8 Å². The van der Waals surface area contributed by atoms with Gasteiger partial charge < -0.3 is 14.4 Å². The summed E-state index contributed by atoms with van der Waals surface area (Å²) in [5.41, 5.74) is 1.32. The first-order chi connectivity index (χ1) is 12.8. The van der Waals surface area contributed by atoms with Gasteiger partial charge in [-0.05, 0) is 43.1 Å². The van der Waals surface area contributed by atoms with Gasteiger partial charge in [0.05, 0.1) is 13.0 Å². The van der Waals surface area contributed by atoms with Crippen LogP contribution in [0.25, 0.3) is 0 Å². The summed E-state index contributed by atoms with van der Waals surface area (Å²) in [6.45, 7) is 5.25. The molecule has 2 saturated heterocycles. The van der Waals surface area contributed by atoms with E-state index in [9.17, 15) is 4.79 Å². The molecule has 0 aromatic heterocycles. The van der Waals surface area contributed by atoms with Crippen LogP contribution in [0.4, 0.5) is 0 Å². The molecule has 2 heterocycles. The van der Waals surface area contributed by atoms with Gasteiger partial charge in [-0.1, -0.05) is 36.8 Å². The molecule has 142 valence electrons. The van der Waals surface area contributed by atoms with Gasteiger partial charge in [-0.2, -0.15) is 0 Å². The van der Waals surface area contributed by atoms with Gasteiger partial charge in [0.25, 0.3) is 0 Å². The highest BCUT2D eigenvalue weighted by Crippen LogP contribution is 2.49. The zero-order chi connectivity index (χ0) is 17.8. The normalized spacial score (nSPS) is 29.1. The Bertz CT molecular complexity index is 599. The second-order valence-electron chi connectivity index (χ2n) is 8.46. The predicted molar refractivity (Wildman–Crippen MR) is 101 cm³/mol. The SMILES string of the molecule is O=C(Cc1ccccc1)N1C[C@@H]2CCC[C@]2(COCC2CCOCC2)C1. The van der Waals surface area contributed by atoms with Gasteiger partial charge in [0.2, 0.25) is 5.91 Å². The lowest BCUT2D eigenvalue weighted by molar-refractivity contribution is -0.130. The third-order valence-corrected chi connectivity index (χ3v) is 6.67. The van der Waals surface area contributed by atoms with Crippen molar-refractivity contribution in [3.05, 3.63) is 35.9 Å². The molecule has 4 heteroatoms. The average Bonchev–Trinajstić information content (AvgIpc) is 3.21. The van der Waals surface area contributed by atoms with E-state index >= 15 is 0 Å². The molecule has 4 nitrogen and oxygen atoms in total. The van der Waals surface area contributed by atoms with Gasteiger partial charge in [0.1, 0.15) is 0 Å². The maximum absolute atomic E-state index is 12.8. The van der Waals surface area contributed by atoms with E-state index in [1.165, 1.54) is 19.3 Å². The van der Waals surface area contributed by atoms with Crippen molar-refractivity contribution in [2.75, 3.05) is 39.5 Å². The fraction of sp³-hybridized carbons (Fsp3) is 0.682. The number of carbonyl (C=O) groups is 1. The average molecular weight is 357 g/mol. The molecule has 1 amide bonds. The molecule has 1 aliphatic carbocycles. The van der Waals surface area contributed by atoms with E-state index in [0.29, 0.717) is 18.3 Å². The lowest BCUT2D eigenvalue weighted by Crippen LogP contribution is -2.36. The van der Waals surface area contributed by atoms with Crippen molar-refractivity contribution in [1.82, 2.24) is 4.90 Å². The summed E-state index contributed by atoms with van der Waals surface area (Å²) >= 11 is 0. The van der Waals surface area contributed by atoms with Crippen molar-refractivity contribution in [2.45, 2.75) is 38.5 Å². The fourth-order valence-corrected chi connectivity index (χ4v) is 5.06. The van der Waals surface area contributed by atoms with Crippen LogP contribution in [-0.4, -0.2) is 50.3 Å². The number of benzene rings is 1. The summed E-state index contributed by atoms with van der Waals surface area (Å²) in [4.78, 5) is 14.9. The summed E-state index contributed by atoms with van der Waals surface area (Å²) in [6.07, 6.45) is 6.51. The Hall–Kier alpha value is -1.39. The van der Waals surface area contributed by atoms with Crippen molar-refractivity contribution in [1.29, 1.82) is 0 Å². The number of rotatable bonds is 6. The summed E-state index contributed by atoms with van der Waals surface area (Å²) in [7, 11) is 0. The van der Waals surface area contributed by atoms with Crippen molar-refractivity contribution >= 4 is 5.91 Å². The lowest BCUT2D eigenvalue weighted by atomic mass is 9.81. The monoisotopic (exact) mass is 357 g/mol. The third-order valence-electron chi connectivity index (χ3n) is 6.67. The minimum absolute atomic E-state index is 0.206. The number of hydrogen-bond acceptors (Lipinski definition) is 3. The van der Waals surface area contributed by atoms with Gasteiger partial charge >= 0.3 is 0 Å². The minimum atomic E-state index is 0.206. The second kappa shape index (κ2) is 8.10. The number of hydrogen-bond donors (Lipinski definition) is 0. The molecule has 1 saturated carbocycles. The molecular formula is C22H31NO3. The fourth-order valence-electron chi connectivity index (χ4n) is 5.06. The van der Waals surface area contributed by atoms with E-state index in [4.69, 9.17) is 9.47 Å². The lowest BCUT2D eigenvalue weighted by Gasteiger charge is -2.30. The number of fused-ring (bicyclic) bond motifs is 1. The van der Waals surface area contributed by atoms with E-state index < -0.39 is 0 Å². The van der Waals surface area contributed by atoms with Crippen LogP contribution in [0.5, 0.6) is 0 Å². The molecule has 4 rings (SSSR count). The van der Waals surface area contributed by atoms with Crippen LogP contribution >= 0.6 is 0 Å². The summed E-state index contributed by atoms with van der Waals surface area (Å²) in [5, 5.41) is 0. The number of ether oxygens (including phenoxy) is 2. The summed E-state index contributed by atoms with van der Waals surface area (Å²) in [5.74, 6) is 1.54. The Kier molecular flexibility index (Phi) is 5.60. The molecule has 1 aromatic rings. The van der Waals surface area contributed by atoms with Gasteiger partial charge in [-0.3, -0.25) is 4.79 Å². The highest BCUT2D eigenvalue weighted by molar-refractivity contribution is 5.79. The highest BCUT2D eigenvalue weighted by Gasteiger charge is 2.50. The van der Waals surface area contributed by atoms with Gasteiger partial charge in [-0.25, -0.2) is 0 Å². The van der Waals surface area contributed by atoms with Crippen LogP contribution in [0.3, 0.4) is 0 Å². The van der Waals surface area contributed by atoms with Crippen LogP contribution in [0.1, 0.15) is 37.7 Å². The van der Waals surface area contributed by atoms with Crippen LogP contribution in [-0.2, 0) is 20.7 Å². The van der Waals surface area contributed by atoms with Crippen LogP contribution < -0.4 is 0 Å². The Labute approximate surface area is 156 Å². The quantitative estimate of drug-likeness (QED) is 0.784. The minimum Gasteiger partial charge on any atom is -0.381 e. The number of likely N-dealkylation sites (tertiary alicyclic amines) is 1. The molecule has 26 heavy (non-hydrogen) atoms. The van der Waals surface area contributed by atoms with Gasteiger partial charge in [-0.15, -0.1) is 0 Å². The van der Waals surface area contributed by atoms with Crippen molar-refractivity contribution in [2.24, 2.45) is 17.3 Å². The maximum Gasteiger partial charge on any atom is 0.227 e. The molecule has 2 aliphatic heterocycles. The number of amides is 1. The molecule has 3 aliphatic rings. The zero-order valence-electron chi connectivity index (χ0n) is 15.7. The van der Waals surface area contributed by atoms with E-state index in [-0.39, 0.29) is 11.3 Å². The second-order valence-corrected chi connectivity index (χ2v) is 8.46. The number of nitrogens with zero attached hydrogens (tertiary/aromatic N) is 1. The molecule has 0 bridgehead atoms. The van der Waals surface area contributed by atoms with Crippen molar-refractivity contribution < 1.29 is 14.3 Å². The molecule has 0 spiro atoms. The predicted octanol–water partition coefficient (Wildman–Crippen LogP) is 3.30. The van der Waals surface area contributed by atoms with E-state index in [0.717, 1.165) is 57.9 Å². The maximum atomic E-state index is 12.8. The Balaban J connectivity index is 1.31. The van der Waals surface area contributed by atoms with E-state index in [1.54, 1.807) is 0 Å². The zero-order valence-corrected chi connectivity index (χ0v) is 15.7. The Morgan fingerprint density at radius 3 is 2.81 bits per heavy atom. The van der Waals surface area contributed by atoms with E-state index in [2.05, 4.69) is 4.90 Å². The molecule has 0 unspecified atom stereocenters. The number of carbonyl (C=O) groups excluding carboxylic acids is 1. The first-order valence-electron chi connectivity index (χ1n) is 10.2. The molecule has 1 aromatic carbocycles. The Morgan fingerprint density at radius 2 is 2.00 bits per heavy atom. The first kappa shape index (κ1) is 18.0. The standard InChI is InChI=1S/C22H31NO3/c24-21(13-18-5-2-1-3-6-18)23-14-20-7-4-10-22(20,16-23)17-26-15-19-8-11-25-12-9-19/h1-3,5-6,19-20H,4,7-17H2/t20-,22+/m0/s1. The molecule has 2 atom stereocenters. The van der Waals surface area contributed by atoms with Crippen molar-refractivity contribution in [3.8, 4) is 0 Å². The van der Waals surface area contributed by atoms with Crippen LogP contribution in [0.15, 0.2) is 30.3 Å². The summed E-state index contributed by atoms with van der Waals surface area (Å²) < 4.78 is 11.7. The van der Waals surface area contributed by atoms with Crippen LogP contribution in [0, 0.1) is 17.3 Å². The molecule has 0 radical (unpaired) electrons. The van der Waals surface area contributed by atoms with Crippen molar-refractivity contribution in [3.63, 3.8) is 0 Å². The van der Waals surface area contributed by atoms with E-state index in [1.807, 2.05) is 30.3 Å².